The summed E-state index contributed by atoms with van der Waals surface area (Å²) in [5, 5.41) is 7.71. The van der Waals surface area contributed by atoms with Crippen LogP contribution in [0.15, 0.2) is 35.7 Å². The first-order valence-corrected chi connectivity index (χ1v) is 7.68. The van der Waals surface area contributed by atoms with E-state index >= 15 is 0 Å². The van der Waals surface area contributed by atoms with Crippen molar-refractivity contribution in [2.24, 2.45) is 5.92 Å². The largest absolute Gasteiger partial charge is 0.326 e. The van der Waals surface area contributed by atoms with Gasteiger partial charge in [-0.3, -0.25) is 9.59 Å². The molecule has 0 aliphatic carbocycles. The van der Waals surface area contributed by atoms with Crippen molar-refractivity contribution in [3.63, 3.8) is 0 Å². The van der Waals surface area contributed by atoms with Gasteiger partial charge in [-0.25, -0.2) is 0 Å². The van der Waals surface area contributed by atoms with Crippen LogP contribution < -0.4 is 10.6 Å². The number of hydrogen-bond acceptors (Lipinski definition) is 3. The Bertz CT molecular complexity index is 654. The number of amides is 2. The van der Waals surface area contributed by atoms with Crippen LogP contribution in [0, 0.1) is 5.92 Å². The molecular formula is C15H15ClN2O2S. The summed E-state index contributed by atoms with van der Waals surface area (Å²) in [5.74, 6) is -0.394. The molecule has 6 heteroatoms. The molecule has 21 heavy (non-hydrogen) atoms. The fraction of sp³-hybridized carbons (Fsp3) is 0.200. The minimum Gasteiger partial charge on any atom is -0.326 e. The first-order valence-electron chi connectivity index (χ1n) is 6.42. The van der Waals surface area contributed by atoms with Gasteiger partial charge in [0.15, 0.2) is 0 Å². The SMILES string of the molecule is CC(C)C(=O)Nc1ccc(NC(=O)c2cccs2)c(Cl)c1. The summed E-state index contributed by atoms with van der Waals surface area (Å²) >= 11 is 7.49. The molecule has 0 bridgehead atoms. The van der Waals surface area contributed by atoms with Crippen molar-refractivity contribution in [2.45, 2.75) is 13.8 Å². The van der Waals surface area contributed by atoms with E-state index in [9.17, 15) is 9.59 Å². The minimum atomic E-state index is -0.203. The molecule has 2 aromatic rings. The zero-order valence-electron chi connectivity index (χ0n) is 11.6. The van der Waals surface area contributed by atoms with E-state index in [-0.39, 0.29) is 17.7 Å². The maximum atomic E-state index is 12.0. The van der Waals surface area contributed by atoms with Crippen molar-refractivity contribution >= 4 is 46.1 Å². The number of rotatable bonds is 4. The van der Waals surface area contributed by atoms with Gasteiger partial charge in [0, 0.05) is 11.6 Å². The summed E-state index contributed by atoms with van der Waals surface area (Å²) in [6, 6.07) is 8.54. The Morgan fingerprint density at radius 1 is 1.19 bits per heavy atom. The van der Waals surface area contributed by atoms with Crippen molar-refractivity contribution in [1.29, 1.82) is 0 Å². The standard InChI is InChI=1S/C15H15ClN2O2S/c1-9(2)14(19)17-10-5-6-12(11(16)8-10)18-15(20)13-4-3-7-21-13/h3-9H,1-2H3,(H,17,19)(H,18,20). The Balaban J connectivity index is 2.09. The van der Waals surface area contributed by atoms with Crippen LogP contribution in [0.2, 0.25) is 5.02 Å². The topological polar surface area (TPSA) is 58.2 Å². The van der Waals surface area contributed by atoms with Gasteiger partial charge in [0.25, 0.3) is 5.91 Å². The van der Waals surface area contributed by atoms with Crippen molar-refractivity contribution in [1.82, 2.24) is 0 Å². The number of benzene rings is 1. The van der Waals surface area contributed by atoms with Crippen LogP contribution in [-0.4, -0.2) is 11.8 Å². The molecule has 0 saturated heterocycles. The van der Waals surface area contributed by atoms with Crippen LogP contribution in [0.5, 0.6) is 0 Å². The average Bonchev–Trinajstić information content (AvgIpc) is 2.95. The molecular weight excluding hydrogens is 308 g/mol. The van der Waals surface area contributed by atoms with Gasteiger partial charge in [0.1, 0.15) is 0 Å². The molecule has 0 spiro atoms. The lowest BCUT2D eigenvalue weighted by atomic mass is 10.2. The quantitative estimate of drug-likeness (QED) is 0.884. The van der Waals surface area contributed by atoms with E-state index in [0.29, 0.717) is 21.3 Å². The van der Waals surface area contributed by atoms with Crippen LogP contribution >= 0.6 is 22.9 Å². The lowest BCUT2D eigenvalue weighted by Crippen LogP contribution is -2.17. The van der Waals surface area contributed by atoms with E-state index in [1.54, 1.807) is 24.3 Å². The van der Waals surface area contributed by atoms with Gasteiger partial charge in [-0.2, -0.15) is 0 Å². The number of carbonyl (C=O) groups is 2. The highest BCUT2D eigenvalue weighted by molar-refractivity contribution is 7.12. The lowest BCUT2D eigenvalue weighted by Gasteiger charge is -2.11. The van der Waals surface area contributed by atoms with Crippen LogP contribution in [0.4, 0.5) is 11.4 Å². The van der Waals surface area contributed by atoms with Crippen molar-refractivity contribution < 1.29 is 9.59 Å². The molecule has 2 rings (SSSR count). The second-order valence-electron chi connectivity index (χ2n) is 4.77. The van der Waals surface area contributed by atoms with Crippen molar-refractivity contribution in [3.8, 4) is 0 Å². The molecule has 0 unspecified atom stereocenters. The average molecular weight is 323 g/mol. The summed E-state index contributed by atoms with van der Waals surface area (Å²) in [5.41, 5.74) is 1.12. The molecule has 1 heterocycles. The normalized spacial score (nSPS) is 10.5. The highest BCUT2D eigenvalue weighted by atomic mass is 35.5. The Labute approximate surface area is 132 Å². The predicted molar refractivity (Wildman–Crippen MR) is 87.2 cm³/mol. The molecule has 0 radical (unpaired) electrons. The third-order valence-corrected chi connectivity index (χ3v) is 3.94. The molecule has 0 fully saturated rings. The molecule has 0 atom stereocenters. The predicted octanol–water partition coefficient (Wildman–Crippen LogP) is 4.25. The van der Waals surface area contributed by atoms with E-state index in [2.05, 4.69) is 10.6 Å². The molecule has 2 N–H and O–H groups in total. The van der Waals surface area contributed by atoms with Crippen LogP contribution in [0.3, 0.4) is 0 Å². The minimum absolute atomic E-state index is 0.0820. The summed E-state index contributed by atoms with van der Waals surface area (Å²) in [6.07, 6.45) is 0. The second-order valence-corrected chi connectivity index (χ2v) is 6.12. The van der Waals surface area contributed by atoms with Gasteiger partial charge in [-0.15, -0.1) is 11.3 Å². The molecule has 1 aromatic heterocycles. The number of carbonyl (C=O) groups excluding carboxylic acids is 2. The highest BCUT2D eigenvalue weighted by Gasteiger charge is 2.11. The zero-order valence-corrected chi connectivity index (χ0v) is 13.2. The second kappa shape index (κ2) is 6.74. The Morgan fingerprint density at radius 3 is 2.52 bits per heavy atom. The third kappa shape index (κ3) is 4.06. The van der Waals surface area contributed by atoms with Gasteiger partial charge in [0.05, 0.1) is 15.6 Å². The molecule has 0 aliphatic rings. The zero-order chi connectivity index (χ0) is 15.4. The first kappa shape index (κ1) is 15.5. The number of nitrogens with one attached hydrogen (secondary N) is 2. The van der Waals surface area contributed by atoms with Crippen LogP contribution in [0.25, 0.3) is 0 Å². The van der Waals surface area contributed by atoms with Gasteiger partial charge in [-0.05, 0) is 29.6 Å². The van der Waals surface area contributed by atoms with E-state index in [0.717, 1.165) is 0 Å². The maximum absolute atomic E-state index is 12.0. The van der Waals surface area contributed by atoms with E-state index in [1.165, 1.54) is 11.3 Å². The Morgan fingerprint density at radius 2 is 1.95 bits per heavy atom. The molecule has 0 aliphatic heterocycles. The first-order chi connectivity index (χ1) is 9.97. The summed E-state index contributed by atoms with van der Waals surface area (Å²) < 4.78 is 0. The fourth-order valence-electron chi connectivity index (χ4n) is 1.57. The van der Waals surface area contributed by atoms with E-state index < -0.39 is 0 Å². The van der Waals surface area contributed by atoms with Crippen molar-refractivity contribution in [2.75, 3.05) is 10.6 Å². The third-order valence-electron chi connectivity index (χ3n) is 2.75. The lowest BCUT2D eigenvalue weighted by molar-refractivity contribution is -0.118. The molecule has 0 saturated carbocycles. The summed E-state index contributed by atoms with van der Waals surface area (Å²) in [7, 11) is 0. The fourth-order valence-corrected chi connectivity index (χ4v) is 2.42. The molecule has 110 valence electrons. The van der Waals surface area contributed by atoms with E-state index in [4.69, 9.17) is 11.6 Å². The van der Waals surface area contributed by atoms with Crippen molar-refractivity contribution in [3.05, 3.63) is 45.6 Å². The molecule has 4 nitrogen and oxygen atoms in total. The number of thiophene rings is 1. The van der Waals surface area contributed by atoms with Crippen LogP contribution in [0.1, 0.15) is 23.5 Å². The van der Waals surface area contributed by atoms with Gasteiger partial charge in [-0.1, -0.05) is 31.5 Å². The molecule has 1 aromatic carbocycles. The van der Waals surface area contributed by atoms with Crippen LogP contribution in [-0.2, 0) is 4.79 Å². The number of anilines is 2. The molecule has 2 amide bonds. The summed E-state index contributed by atoms with van der Waals surface area (Å²) in [4.78, 5) is 24.2. The van der Waals surface area contributed by atoms with Gasteiger partial charge < -0.3 is 10.6 Å². The smallest absolute Gasteiger partial charge is 0.265 e. The monoisotopic (exact) mass is 322 g/mol. The maximum Gasteiger partial charge on any atom is 0.265 e. The highest BCUT2D eigenvalue weighted by Crippen LogP contribution is 2.26. The van der Waals surface area contributed by atoms with Gasteiger partial charge in [0.2, 0.25) is 5.91 Å². The summed E-state index contributed by atoms with van der Waals surface area (Å²) in [6.45, 7) is 3.62. The Hall–Kier alpha value is -1.85. The van der Waals surface area contributed by atoms with Gasteiger partial charge >= 0.3 is 0 Å². The number of halogens is 1. The Kier molecular flexibility index (Phi) is 4.98. The number of hydrogen-bond donors (Lipinski definition) is 2. The van der Waals surface area contributed by atoms with E-state index in [1.807, 2.05) is 25.3 Å².